The van der Waals surface area contributed by atoms with Gasteiger partial charge in [0.2, 0.25) is 0 Å². The molecule has 4 heterocycles. The van der Waals surface area contributed by atoms with Crippen LogP contribution in [0, 0.1) is 24.5 Å². The van der Waals surface area contributed by atoms with Crippen LogP contribution in [0.5, 0.6) is 0 Å². The molecule has 0 amide bonds. The van der Waals surface area contributed by atoms with E-state index in [2.05, 4.69) is 15.0 Å². The number of nitrogens with two attached hydrogens (primary N) is 1. The Kier molecular flexibility index (Phi) is 6.72. The number of halogens is 2. The molecule has 2 N–H and O–H groups in total. The summed E-state index contributed by atoms with van der Waals surface area (Å²) in [6, 6.07) is 9.02. The summed E-state index contributed by atoms with van der Waals surface area (Å²) in [5.74, 6) is -0.503. The Bertz CT molecular complexity index is 1530. The van der Waals surface area contributed by atoms with Crippen molar-refractivity contribution in [1.29, 1.82) is 0 Å². The summed E-state index contributed by atoms with van der Waals surface area (Å²) in [7, 11) is 0. The zero-order chi connectivity index (χ0) is 26.3. The fourth-order valence-corrected chi connectivity index (χ4v) is 5.06. The maximum absolute atomic E-state index is 15.6. The van der Waals surface area contributed by atoms with Gasteiger partial charge < -0.3 is 10.6 Å². The molecule has 0 atom stereocenters. The number of fused-ring (bicyclic) bond motifs is 1. The number of rotatable bonds is 5. The normalized spacial score (nSPS) is 14.6. The molecular formula is C28H30F2N6O. The molecule has 37 heavy (non-hydrogen) atoms. The van der Waals surface area contributed by atoms with Crippen LogP contribution < -0.4 is 16.3 Å². The van der Waals surface area contributed by atoms with E-state index in [1.54, 1.807) is 12.3 Å². The lowest BCUT2D eigenvalue weighted by atomic mass is 9.97. The van der Waals surface area contributed by atoms with Crippen LogP contribution in [0.4, 0.5) is 14.6 Å². The Morgan fingerprint density at radius 1 is 1.08 bits per heavy atom. The van der Waals surface area contributed by atoms with E-state index < -0.39 is 17.3 Å². The number of piperidine rings is 1. The van der Waals surface area contributed by atoms with E-state index in [0.29, 0.717) is 48.1 Å². The third-order valence-corrected chi connectivity index (χ3v) is 7.10. The van der Waals surface area contributed by atoms with Crippen molar-refractivity contribution in [2.45, 2.75) is 39.5 Å². The van der Waals surface area contributed by atoms with Crippen LogP contribution in [0.15, 0.2) is 47.4 Å². The first kappa shape index (κ1) is 25.0. The van der Waals surface area contributed by atoms with Crippen molar-refractivity contribution >= 4 is 16.9 Å². The van der Waals surface area contributed by atoms with E-state index in [4.69, 9.17) is 5.73 Å². The second-order valence-electron chi connectivity index (χ2n) is 9.91. The van der Waals surface area contributed by atoms with Gasteiger partial charge in [0, 0.05) is 24.8 Å². The Hall–Kier alpha value is -3.72. The monoisotopic (exact) mass is 504 g/mol. The highest BCUT2D eigenvalue weighted by Gasteiger charge is 2.26. The van der Waals surface area contributed by atoms with Gasteiger partial charge in [-0.1, -0.05) is 26.0 Å². The zero-order valence-corrected chi connectivity index (χ0v) is 21.2. The zero-order valence-electron chi connectivity index (χ0n) is 21.2. The summed E-state index contributed by atoms with van der Waals surface area (Å²) in [5, 5.41) is 0.390. The molecule has 1 saturated heterocycles. The fourth-order valence-electron chi connectivity index (χ4n) is 5.06. The van der Waals surface area contributed by atoms with Crippen LogP contribution >= 0.6 is 0 Å². The number of hydrogen-bond donors (Lipinski definition) is 1. The van der Waals surface area contributed by atoms with Gasteiger partial charge in [-0.25, -0.2) is 23.1 Å². The number of nitrogens with zero attached hydrogens (tertiary/aromatic N) is 5. The topological polar surface area (TPSA) is 89.9 Å². The molecule has 0 spiro atoms. The molecule has 1 aromatic carbocycles. The maximum Gasteiger partial charge on any atom is 0.355 e. The van der Waals surface area contributed by atoms with Crippen LogP contribution in [-0.2, 0) is 0 Å². The van der Waals surface area contributed by atoms with E-state index in [1.165, 1.54) is 28.8 Å². The van der Waals surface area contributed by atoms with Crippen LogP contribution in [-0.4, -0.2) is 39.2 Å². The largest absolute Gasteiger partial charge is 0.356 e. The first-order valence-electron chi connectivity index (χ1n) is 12.6. The smallest absolute Gasteiger partial charge is 0.355 e. The number of anilines is 1. The third-order valence-electron chi connectivity index (χ3n) is 7.10. The lowest BCUT2D eigenvalue weighted by molar-refractivity contribution is 0.413. The molecule has 9 heteroatoms. The molecule has 5 rings (SSSR count). The van der Waals surface area contributed by atoms with Crippen molar-refractivity contribution in [3.05, 3.63) is 76.0 Å². The second kappa shape index (κ2) is 9.97. The van der Waals surface area contributed by atoms with Gasteiger partial charge in [0.1, 0.15) is 23.1 Å². The van der Waals surface area contributed by atoms with Crippen LogP contribution in [0.3, 0.4) is 0 Å². The van der Waals surface area contributed by atoms with E-state index in [-0.39, 0.29) is 22.8 Å². The van der Waals surface area contributed by atoms with Gasteiger partial charge in [-0.05, 0) is 68.0 Å². The summed E-state index contributed by atoms with van der Waals surface area (Å²) in [5.41, 5.74) is 7.46. The molecule has 1 fully saturated rings. The van der Waals surface area contributed by atoms with Gasteiger partial charge in [-0.15, -0.1) is 0 Å². The first-order chi connectivity index (χ1) is 17.8. The van der Waals surface area contributed by atoms with Gasteiger partial charge in [-0.2, -0.15) is 4.98 Å². The predicted molar refractivity (Wildman–Crippen MR) is 141 cm³/mol. The van der Waals surface area contributed by atoms with Crippen LogP contribution in [0.2, 0.25) is 0 Å². The SMILES string of the molecule is Cc1ccnc(C(C)C)c1-n1c(=O)nc(N2CCC(CN)CC2)c2cc(F)c(-c3ccccc3F)nc21. The number of benzene rings is 1. The Balaban J connectivity index is 1.84. The van der Waals surface area contributed by atoms with E-state index >= 15 is 4.39 Å². The first-order valence-corrected chi connectivity index (χ1v) is 12.6. The summed E-state index contributed by atoms with van der Waals surface area (Å²) >= 11 is 0. The van der Waals surface area contributed by atoms with Crippen molar-refractivity contribution in [3.63, 3.8) is 0 Å². The fraction of sp³-hybridized carbons (Fsp3) is 0.357. The average molecular weight is 505 g/mol. The lowest BCUT2D eigenvalue weighted by Crippen LogP contribution is -2.38. The summed E-state index contributed by atoms with van der Waals surface area (Å²) < 4.78 is 31.7. The second-order valence-corrected chi connectivity index (χ2v) is 9.91. The minimum absolute atomic E-state index is 0.00157. The molecule has 3 aromatic heterocycles. The molecule has 0 aliphatic carbocycles. The number of hydrogen-bond acceptors (Lipinski definition) is 6. The van der Waals surface area contributed by atoms with Crippen molar-refractivity contribution in [2.24, 2.45) is 11.7 Å². The lowest BCUT2D eigenvalue weighted by Gasteiger charge is -2.33. The highest BCUT2D eigenvalue weighted by atomic mass is 19.1. The summed E-state index contributed by atoms with van der Waals surface area (Å²) in [6.45, 7) is 7.75. The van der Waals surface area contributed by atoms with Crippen molar-refractivity contribution in [2.75, 3.05) is 24.5 Å². The number of aromatic nitrogens is 4. The number of pyridine rings is 2. The van der Waals surface area contributed by atoms with Gasteiger partial charge in [0.15, 0.2) is 5.65 Å². The van der Waals surface area contributed by atoms with Crippen molar-refractivity contribution < 1.29 is 8.78 Å². The maximum atomic E-state index is 15.6. The molecule has 7 nitrogen and oxygen atoms in total. The number of aryl methyl sites for hydroxylation is 1. The average Bonchev–Trinajstić information content (AvgIpc) is 2.89. The minimum atomic E-state index is -0.685. The van der Waals surface area contributed by atoms with Crippen molar-refractivity contribution in [3.8, 4) is 16.9 Å². The quantitative estimate of drug-likeness (QED) is 0.423. The predicted octanol–water partition coefficient (Wildman–Crippen LogP) is 4.73. The summed E-state index contributed by atoms with van der Waals surface area (Å²) in [4.78, 5) is 29.3. The van der Waals surface area contributed by atoms with Gasteiger partial charge in [0.25, 0.3) is 0 Å². The van der Waals surface area contributed by atoms with E-state index in [1.807, 2.05) is 31.7 Å². The molecule has 0 radical (unpaired) electrons. The Morgan fingerprint density at radius 3 is 2.49 bits per heavy atom. The Labute approximate surface area is 214 Å². The van der Waals surface area contributed by atoms with Gasteiger partial charge in [0.05, 0.1) is 16.8 Å². The summed E-state index contributed by atoms with van der Waals surface area (Å²) in [6.07, 6.45) is 3.40. The van der Waals surface area contributed by atoms with E-state index in [9.17, 15) is 9.18 Å². The standard InChI is InChI=1S/C28H30F2N6O/c1-16(2)23-25(17(3)8-11-32-23)36-27-20(14-22(30)24(33-27)19-6-4-5-7-21(19)29)26(34-28(36)37)35-12-9-18(15-31)10-13-35/h4-8,11,14,16,18H,9-10,12-13,15,31H2,1-3H3. The minimum Gasteiger partial charge on any atom is -0.356 e. The third kappa shape index (κ3) is 4.48. The molecule has 0 bridgehead atoms. The molecular weight excluding hydrogens is 474 g/mol. The van der Waals surface area contributed by atoms with Crippen molar-refractivity contribution in [1.82, 2.24) is 19.5 Å². The van der Waals surface area contributed by atoms with Gasteiger partial charge in [-0.3, -0.25) is 4.98 Å². The van der Waals surface area contributed by atoms with Gasteiger partial charge >= 0.3 is 5.69 Å². The van der Waals surface area contributed by atoms with E-state index in [0.717, 1.165) is 18.4 Å². The molecule has 0 unspecified atom stereocenters. The molecule has 0 saturated carbocycles. The highest BCUT2D eigenvalue weighted by molar-refractivity contribution is 5.90. The molecule has 4 aromatic rings. The van der Waals surface area contributed by atoms with Crippen LogP contribution in [0.1, 0.15) is 43.9 Å². The molecule has 192 valence electrons. The van der Waals surface area contributed by atoms with Crippen LogP contribution in [0.25, 0.3) is 28.0 Å². The molecule has 1 aliphatic rings. The molecule has 1 aliphatic heterocycles. The Morgan fingerprint density at radius 2 is 1.81 bits per heavy atom. The highest BCUT2D eigenvalue weighted by Crippen LogP contribution is 2.33.